The molecule has 0 bridgehead atoms. The summed E-state index contributed by atoms with van der Waals surface area (Å²) in [6.45, 7) is 4.63. The molecule has 0 heterocycles. The second-order valence-corrected chi connectivity index (χ2v) is 3.38. The van der Waals surface area contributed by atoms with Crippen molar-refractivity contribution in [1.82, 2.24) is 0 Å². The third kappa shape index (κ3) is 1.52. The Bertz CT molecular complexity index is 276. The van der Waals surface area contributed by atoms with Crippen LogP contribution in [-0.4, -0.2) is 6.17 Å². The summed E-state index contributed by atoms with van der Waals surface area (Å²) in [4.78, 5) is 0. The number of halogens is 3. The third-order valence-electron chi connectivity index (χ3n) is 2.66. The largest absolute Gasteiger partial charge is 0.242 e. The zero-order chi connectivity index (χ0) is 10.2. The van der Waals surface area contributed by atoms with E-state index in [9.17, 15) is 13.2 Å². The van der Waals surface area contributed by atoms with Crippen LogP contribution in [0, 0.1) is 5.92 Å². The highest BCUT2D eigenvalue weighted by Gasteiger charge is 2.32. The van der Waals surface area contributed by atoms with Gasteiger partial charge in [0.25, 0.3) is 0 Å². The van der Waals surface area contributed by atoms with Crippen molar-refractivity contribution in [3.8, 4) is 0 Å². The Kier molecular flexibility index (Phi) is 2.84. The minimum atomic E-state index is -1.37. The fourth-order valence-corrected chi connectivity index (χ4v) is 1.51. The smallest absolute Gasteiger partial charge is 0.160 e. The van der Waals surface area contributed by atoms with E-state index in [1.165, 1.54) is 6.92 Å². The normalized spacial score (nSPS) is 30.0. The van der Waals surface area contributed by atoms with Gasteiger partial charge in [0.1, 0.15) is 6.17 Å². The molecule has 0 fully saturated rings. The molecule has 0 nitrogen and oxygen atoms in total. The van der Waals surface area contributed by atoms with Gasteiger partial charge in [-0.2, -0.15) is 0 Å². The Morgan fingerprint density at radius 2 is 1.77 bits per heavy atom. The van der Waals surface area contributed by atoms with Crippen molar-refractivity contribution in [2.24, 2.45) is 5.92 Å². The topological polar surface area (TPSA) is 0 Å². The van der Waals surface area contributed by atoms with Crippen LogP contribution in [0.2, 0.25) is 0 Å². The molecule has 0 aromatic heterocycles. The highest BCUT2D eigenvalue weighted by Crippen LogP contribution is 2.38. The summed E-state index contributed by atoms with van der Waals surface area (Å²) in [7, 11) is 0. The zero-order valence-corrected chi connectivity index (χ0v) is 8.00. The molecule has 0 saturated heterocycles. The second-order valence-electron chi connectivity index (χ2n) is 3.38. The van der Waals surface area contributed by atoms with Gasteiger partial charge in [0.2, 0.25) is 0 Å². The first-order valence-corrected chi connectivity index (χ1v) is 4.39. The summed E-state index contributed by atoms with van der Waals surface area (Å²) in [5.74, 6) is -2.42. The molecule has 13 heavy (non-hydrogen) atoms. The third-order valence-corrected chi connectivity index (χ3v) is 2.66. The average molecular weight is 190 g/mol. The van der Waals surface area contributed by atoms with Crippen molar-refractivity contribution in [2.45, 2.75) is 33.4 Å². The highest BCUT2D eigenvalue weighted by molar-refractivity contribution is 5.37. The van der Waals surface area contributed by atoms with Crippen molar-refractivity contribution in [3.05, 3.63) is 22.8 Å². The van der Waals surface area contributed by atoms with Crippen molar-refractivity contribution >= 4 is 0 Å². The van der Waals surface area contributed by atoms with Crippen molar-refractivity contribution in [2.75, 3.05) is 0 Å². The summed E-state index contributed by atoms with van der Waals surface area (Å²) in [6, 6.07) is 0. The Morgan fingerprint density at radius 3 is 2.23 bits per heavy atom. The number of rotatable bonds is 1. The highest BCUT2D eigenvalue weighted by atomic mass is 19.2. The molecule has 0 aromatic rings. The van der Waals surface area contributed by atoms with Gasteiger partial charge in [0.15, 0.2) is 11.7 Å². The van der Waals surface area contributed by atoms with E-state index in [2.05, 4.69) is 0 Å². The zero-order valence-electron chi connectivity index (χ0n) is 8.00. The first-order chi connectivity index (χ1) is 6.00. The van der Waals surface area contributed by atoms with Crippen LogP contribution in [0.3, 0.4) is 0 Å². The second kappa shape index (κ2) is 3.56. The van der Waals surface area contributed by atoms with Crippen molar-refractivity contribution in [3.63, 3.8) is 0 Å². The molecule has 2 unspecified atom stereocenters. The summed E-state index contributed by atoms with van der Waals surface area (Å²) in [5.41, 5.74) is 0.123. The Balaban J connectivity index is 3.19. The lowest BCUT2D eigenvalue weighted by atomic mass is 9.85. The van der Waals surface area contributed by atoms with Crippen molar-refractivity contribution < 1.29 is 13.2 Å². The molecule has 74 valence electrons. The SMILES string of the molecule is CCC1=C(F)C(F)=C(C)C(C)C1F. The lowest BCUT2D eigenvalue weighted by Crippen LogP contribution is -2.22. The van der Waals surface area contributed by atoms with Gasteiger partial charge in [-0.05, 0) is 18.9 Å². The molecule has 2 atom stereocenters. The molecule has 1 aliphatic carbocycles. The average Bonchev–Trinajstić information content (AvgIpc) is 2.13. The lowest BCUT2D eigenvalue weighted by molar-refractivity contribution is 0.280. The van der Waals surface area contributed by atoms with Gasteiger partial charge in [-0.1, -0.05) is 13.8 Å². The van der Waals surface area contributed by atoms with Gasteiger partial charge in [-0.15, -0.1) is 0 Å². The molecule has 0 saturated carbocycles. The molecular formula is C10H13F3. The number of hydrogen-bond donors (Lipinski definition) is 0. The van der Waals surface area contributed by atoms with E-state index in [4.69, 9.17) is 0 Å². The van der Waals surface area contributed by atoms with E-state index >= 15 is 0 Å². The Hall–Kier alpha value is -0.730. The fourth-order valence-electron chi connectivity index (χ4n) is 1.51. The first-order valence-electron chi connectivity index (χ1n) is 4.39. The van der Waals surface area contributed by atoms with Crippen LogP contribution in [0.15, 0.2) is 22.8 Å². The summed E-state index contributed by atoms with van der Waals surface area (Å²) < 4.78 is 39.7. The maximum absolute atomic E-state index is 13.4. The van der Waals surface area contributed by atoms with Crippen molar-refractivity contribution in [1.29, 1.82) is 0 Å². The molecule has 0 N–H and O–H groups in total. The van der Waals surface area contributed by atoms with Gasteiger partial charge < -0.3 is 0 Å². The molecule has 0 spiro atoms. The summed E-state index contributed by atoms with van der Waals surface area (Å²) in [6.07, 6.45) is -1.15. The van der Waals surface area contributed by atoms with Crippen LogP contribution in [0.5, 0.6) is 0 Å². The Morgan fingerprint density at radius 1 is 1.23 bits per heavy atom. The fraction of sp³-hybridized carbons (Fsp3) is 0.600. The lowest BCUT2D eigenvalue weighted by Gasteiger charge is -2.25. The first kappa shape index (κ1) is 10.4. The molecule has 0 aromatic carbocycles. The number of alkyl halides is 1. The molecule has 3 heteroatoms. The Labute approximate surface area is 76.1 Å². The van der Waals surface area contributed by atoms with Crippen LogP contribution in [0.25, 0.3) is 0 Å². The van der Waals surface area contributed by atoms with Crippen LogP contribution in [0.1, 0.15) is 27.2 Å². The van der Waals surface area contributed by atoms with E-state index in [0.29, 0.717) is 0 Å². The summed E-state index contributed by atoms with van der Waals surface area (Å²) >= 11 is 0. The summed E-state index contributed by atoms with van der Waals surface area (Å²) in [5, 5.41) is 0. The molecule has 1 rings (SSSR count). The van der Waals surface area contributed by atoms with Gasteiger partial charge in [0, 0.05) is 11.5 Å². The predicted octanol–water partition coefficient (Wildman–Crippen LogP) is 3.85. The van der Waals surface area contributed by atoms with Gasteiger partial charge in [-0.25, -0.2) is 13.2 Å². The van der Waals surface area contributed by atoms with Crippen LogP contribution < -0.4 is 0 Å². The maximum Gasteiger partial charge on any atom is 0.160 e. The van der Waals surface area contributed by atoms with E-state index < -0.39 is 23.7 Å². The minimum Gasteiger partial charge on any atom is -0.242 e. The number of hydrogen-bond acceptors (Lipinski definition) is 0. The van der Waals surface area contributed by atoms with E-state index in [0.717, 1.165) is 0 Å². The number of allylic oxidation sites excluding steroid dienone is 4. The molecule has 0 aliphatic heterocycles. The van der Waals surface area contributed by atoms with Crippen LogP contribution in [-0.2, 0) is 0 Å². The van der Waals surface area contributed by atoms with Gasteiger partial charge in [0.05, 0.1) is 0 Å². The molecular weight excluding hydrogens is 177 g/mol. The van der Waals surface area contributed by atoms with Crippen LogP contribution in [0.4, 0.5) is 13.2 Å². The van der Waals surface area contributed by atoms with E-state index in [1.54, 1.807) is 13.8 Å². The molecule has 1 aliphatic rings. The van der Waals surface area contributed by atoms with Gasteiger partial charge in [-0.3, -0.25) is 0 Å². The quantitative estimate of drug-likeness (QED) is 0.589. The van der Waals surface area contributed by atoms with Gasteiger partial charge >= 0.3 is 0 Å². The molecule has 0 radical (unpaired) electrons. The van der Waals surface area contributed by atoms with Crippen LogP contribution >= 0.6 is 0 Å². The molecule has 0 amide bonds. The predicted molar refractivity (Wildman–Crippen MR) is 46.3 cm³/mol. The standard InChI is InChI=1S/C10H13F3/c1-4-7-8(11)5(2)6(3)9(12)10(7)13/h5,8H,4H2,1-3H3. The van der Waals surface area contributed by atoms with E-state index in [-0.39, 0.29) is 17.6 Å². The van der Waals surface area contributed by atoms with E-state index in [1.807, 2.05) is 0 Å². The minimum absolute atomic E-state index is 0.0457. The maximum atomic E-state index is 13.4. The monoisotopic (exact) mass is 190 g/mol.